The first-order chi connectivity index (χ1) is 13.8. The Morgan fingerprint density at radius 1 is 0.821 bits per heavy atom. The van der Waals surface area contributed by atoms with Crippen LogP contribution in [0, 0.1) is 0 Å². The van der Waals surface area contributed by atoms with Crippen LogP contribution in [0.15, 0.2) is 104 Å². The molecule has 0 N–H and O–H groups in total. The Hall–Kier alpha value is -2.91. The van der Waals surface area contributed by atoms with Crippen molar-refractivity contribution in [2.45, 2.75) is 24.9 Å². The van der Waals surface area contributed by atoms with Crippen molar-refractivity contribution in [3.8, 4) is 0 Å². The predicted octanol–water partition coefficient (Wildman–Crippen LogP) is 4.08. The molecule has 0 saturated carbocycles. The number of hydrogen-bond donors (Lipinski definition) is 0. The molecule has 3 aromatic carbocycles. The van der Waals surface area contributed by atoms with Crippen molar-refractivity contribution >= 4 is 14.7 Å². The van der Waals surface area contributed by atoms with Crippen LogP contribution in [0.25, 0.3) is 0 Å². The minimum Gasteiger partial charge on any atom is -0.326 e. The minimum atomic E-state index is -0.777. The van der Waals surface area contributed by atoms with E-state index in [1.165, 1.54) is 28.3 Å². The molecule has 4 aromatic rings. The zero-order chi connectivity index (χ0) is 19.2. The Kier molecular flexibility index (Phi) is 5.54. The summed E-state index contributed by atoms with van der Waals surface area (Å²) in [5, 5.41) is 1.26. The number of aryl methyl sites for hydroxylation is 1. The van der Waals surface area contributed by atoms with Crippen molar-refractivity contribution in [3.05, 3.63) is 120 Å². The Morgan fingerprint density at radius 2 is 1.43 bits per heavy atom. The summed E-state index contributed by atoms with van der Waals surface area (Å²) in [6.45, 7) is 2.23. The largest absolute Gasteiger partial charge is 0.326 e. The van der Waals surface area contributed by atoms with Gasteiger partial charge in [0.05, 0.1) is 21.0 Å². The standard InChI is InChI=1S/C25H26N2Si/c1-2-9-21-14-16-24(17-15-21)28-25(27-19-18-26-20-27,22-10-5-3-6-11-22)23-12-7-4-8-13-23/h3-8,10-20H,2,9,28H2,1H3. The van der Waals surface area contributed by atoms with Gasteiger partial charge in [-0.05, 0) is 23.1 Å². The summed E-state index contributed by atoms with van der Waals surface area (Å²) in [5.41, 5.74) is 4.07. The Balaban J connectivity index is 1.87. The lowest BCUT2D eigenvalue weighted by Crippen LogP contribution is -2.46. The molecule has 0 aliphatic rings. The van der Waals surface area contributed by atoms with Crippen molar-refractivity contribution in [1.29, 1.82) is 0 Å². The maximum Gasteiger partial charge on any atom is 0.0965 e. The maximum absolute atomic E-state index is 4.40. The molecule has 4 rings (SSSR count). The maximum atomic E-state index is 4.40. The third-order valence-electron chi connectivity index (χ3n) is 5.47. The lowest BCUT2D eigenvalue weighted by atomic mass is 9.97. The molecule has 0 spiro atoms. The second kappa shape index (κ2) is 8.40. The van der Waals surface area contributed by atoms with Crippen LogP contribution in [-0.2, 0) is 11.6 Å². The molecular weight excluding hydrogens is 356 g/mol. The number of nitrogens with zero attached hydrogens (tertiary/aromatic N) is 2. The number of aromatic nitrogens is 2. The van der Waals surface area contributed by atoms with Gasteiger partial charge in [-0.15, -0.1) is 0 Å². The fourth-order valence-electron chi connectivity index (χ4n) is 4.08. The Morgan fingerprint density at radius 3 is 1.93 bits per heavy atom. The highest BCUT2D eigenvalue weighted by Gasteiger charge is 2.36. The van der Waals surface area contributed by atoms with Crippen LogP contribution >= 0.6 is 0 Å². The highest BCUT2D eigenvalue weighted by Crippen LogP contribution is 2.33. The second-order valence-electron chi connectivity index (χ2n) is 7.31. The topological polar surface area (TPSA) is 17.8 Å². The van der Waals surface area contributed by atoms with Crippen LogP contribution < -0.4 is 5.19 Å². The van der Waals surface area contributed by atoms with Crippen LogP contribution in [0.2, 0.25) is 0 Å². The summed E-state index contributed by atoms with van der Waals surface area (Å²) >= 11 is 0. The zero-order valence-corrected chi connectivity index (χ0v) is 17.7. The summed E-state index contributed by atoms with van der Waals surface area (Å²) < 4.78 is 2.31. The molecule has 0 fully saturated rings. The quantitative estimate of drug-likeness (QED) is 0.441. The number of rotatable bonds is 7. The lowest BCUT2D eigenvalue weighted by Gasteiger charge is -2.37. The molecule has 28 heavy (non-hydrogen) atoms. The fraction of sp³-hybridized carbons (Fsp3) is 0.160. The minimum absolute atomic E-state index is 0.203. The van der Waals surface area contributed by atoms with Crippen molar-refractivity contribution < 1.29 is 0 Å². The van der Waals surface area contributed by atoms with Gasteiger partial charge in [-0.25, -0.2) is 4.98 Å². The third kappa shape index (κ3) is 3.58. The second-order valence-corrected chi connectivity index (χ2v) is 9.50. The Bertz CT molecular complexity index is 938. The highest BCUT2D eigenvalue weighted by atomic mass is 28.2. The van der Waals surface area contributed by atoms with Gasteiger partial charge in [0.25, 0.3) is 0 Å². The smallest absolute Gasteiger partial charge is 0.0965 e. The molecule has 0 unspecified atom stereocenters. The molecule has 0 radical (unpaired) electrons. The molecule has 2 nitrogen and oxygen atoms in total. The van der Waals surface area contributed by atoms with Crippen molar-refractivity contribution in [2.75, 3.05) is 0 Å². The van der Waals surface area contributed by atoms with Gasteiger partial charge in [0, 0.05) is 12.4 Å². The van der Waals surface area contributed by atoms with Gasteiger partial charge in [0.2, 0.25) is 0 Å². The van der Waals surface area contributed by atoms with Crippen molar-refractivity contribution in [2.24, 2.45) is 0 Å². The normalized spacial score (nSPS) is 11.9. The van der Waals surface area contributed by atoms with Gasteiger partial charge in [0.1, 0.15) is 0 Å². The average molecular weight is 383 g/mol. The fourth-order valence-corrected chi connectivity index (χ4v) is 6.39. The zero-order valence-electron chi connectivity index (χ0n) is 16.3. The SMILES string of the molecule is CCCc1ccc([SiH2]C(c2ccccc2)(c2ccccc2)n2ccnc2)cc1. The number of hydrogen-bond acceptors (Lipinski definition) is 1. The molecule has 140 valence electrons. The van der Waals surface area contributed by atoms with E-state index in [0.717, 1.165) is 6.42 Å². The molecule has 0 aliphatic carbocycles. The van der Waals surface area contributed by atoms with Crippen LogP contribution in [0.5, 0.6) is 0 Å². The van der Waals surface area contributed by atoms with E-state index in [0.29, 0.717) is 0 Å². The van der Waals surface area contributed by atoms with Gasteiger partial charge in [-0.2, -0.15) is 0 Å². The first-order valence-corrected chi connectivity index (χ1v) is 11.4. The summed E-state index contributed by atoms with van der Waals surface area (Å²) in [4.78, 5) is 4.40. The highest BCUT2D eigenvalue weighted by molar-refractivity contribution is 6.57. The molecule has 0 saturated heterocycles. The van der Waals surface area contributed by atoms with E-state index < -0.39 is 9.52 Å². The summed E-state index contributed by atoms with van der Waals surface area (Å²) in [6.07, 6.45) is 8.30. The van der Waals surface area contributed by atoms with Gasteiger partial charge >= 0.3 is 0 Å². The number of benzene rings is 3. The molecule has 0 amide bonds. The Labute approximate surface area is 169 Å². The molecular formula is C25H26N2Si. The lowest BCUT2D eigenvalue weighted by molar-refractivity contribution is 0.596. The van der Waals surface area contributed by atoms with Gasteiger partial charge in [0.15, 0.2) is 0 Å². The van der Waals surface area contributed by atoms with E-state index in [1.54, 1.807) is 0 Å². The summed E-state index contributed by atoms with van der Waals surface area (Å²) in [7, 11) is -0.777. The van der Waals surface area contributed by atoms with E-state index in [4.69, 9.17) is 0 Å². The van der Waals surface area contributed by atoms with Gasteiger partial charge < -0.3 is 4.57 Å². The van der Waals surface area contributed by atoms with E-state index in [9.17, 15) is 0 Å². The van der Waals surface area contributed by atoms with Gasteiger partial charge in [-0.3, -0.25) is 0 Å². The molecule has 0 bridgehead atoms. The van der Waals surface area contributed by atoms with Crippen molar-refractivity contribution in [1.82, 2.24) is 9.55 Å². The first-order valence-electron chi connectivity index (χ1n) is 10.0. The van der Waals surface area contributed by atoms with Crippen LogP contribution in [-0.4, -0.2) is 19.1 Å². The third-order valence-corrected chi connectivity index (χ3v) is 8.04. The van der Waals surface area contributed by atoms with E-state index in [1.807, 2.05) is 12.5 Å². The van der Waals surface area contributed by atoms with Crippen LogP contribution in [0.3, 0.4) is 0 Å². The van der Waals surface area contributed by atoms with E-state index in [2.05, 4.69) is 108 Å². The molecule has 3 heteroatoms. The van der Waals surface area contributed by atoms with Crippen molar-refractivity contribution in [3.63, 3.8) is 0 Å². The van der Waals surface area contributed by atoms with Crippen LogP contribution in [0.4, 0.5) is 0 Å². The monoisotopic (exact) mass is 382 g/mol. The van der Waals surface area contributed by atoms with Crippen LogP contribution in [0.1, 0.15) is 30.0 Å². The van der Waals surface area contributed by atoms with E-state index in [-0.39, 0.29) is 5.16 Å². The molecule has 0 aliphatic heterocycles. The average Bonchev–Trinajstić information content (AvgIpc) is 3.30. The molecule has 1 aromatic heterocycles. The summed E-state index contributed by atoms with van der Waals surface area (Å²) in [6, 6.07) is 31.1. The number of imidazole rings is 1. The van der Waals surface area contributed by atoms with Gasteiger partial charge in [-0.1, -0.05) is 103 Å². The van der Waals surface area contributed by atoms with E-state index >= 15 is 0 Å². The molecule has 1 heterocycles. The first kappa shape index (κ1) is 18.5. The summed E-state index contributed by atoms with van der Waals surface area (Å²) in [5.74, 6) is 0. The predicted molar refractivity (Wildman–Crippen MR) is 120 cm³/mol. The molecule has 0 atom stereocenters.